The van der Waals surface area contributed by atoms with Crippen LogP contribution in [0.2, 0.25) is 0 Å². The van der Waals surface area contributed by atoms with Crippen molar-refractivity contribution >= 4 is 17.5 Å². The van der Waals surface area contributed by atoms with Gasteiger partial charge in [-0.3, -0.25) is 14.9 Å². The molecule has 0 bridgehead atoms. The van der Waals surface area contributed by atoms with Gasteiger partial charge in [0.25, 0.3) is 0 Å². The number of nitrogens with one attached hydrogen (secondary N) is 1. The fourth-order valence-electron chi connectivity index (χ4n) is 2.87. The van der Waals surface area contributed by atoms with Gasteiger partial charge in [0, 0.05) is 12.1 Å². The Morgan fingerprint density at radius 3 is 2.44 bits per heavy atom. The van der Waals surface area contributed by atoms with E-state index >= 15 is 0 Å². The molecule has 1 fully saturated rings. The average molecular weight is 246 g/mol. The van der Waals surface area contributed by atoms with Crippen LogP contribution in [0.3, 0.4) is 0 Å². The highest BCUT2D eigenvalue weighted by Gasteiger charge is 2.47. The quantitative estimate of drug-likeness (QED) is 0.615. The predicted octanol–water partition coefficient (Wildman–Crippen LogP) is 1.60. The Kier molecular flexibility index (Phi) is 3.11. The zero-order valence-corrected chi connectivity index (χ0v) is 10.7. The summed E-state index contributed by atoms with van der Waals surface area (Å²) in [5.74, 6) is -0.391. The summed E-state index contributed by atoms with van der Waals surface area (Å²) in [5, 5.41) is 2.46. The molecule has 2 rings (SSSR count). The van der Waals surface area contributed by atoms with Crippen LogP contribution >= 0.6 is 0 Å². The van der Waals surface area contributed by atoms with Crippen molar-refractivity contribution in [3.63, 3.8) is 0 Å². The molecule has 3 N–H and O–H groups in total. The molecule has 0 spiro atoms. The molecule has 0 radical (unpaired) electrons. The average Bonchev–Trinajstić information content (AvgIpc) is 2.31. The third kappa shape index (κ3) is 1.78. The molecule has 1 aromatic rings. The van der Waals surface area contributed by atoms with E-state index in [1.54, 1.807) is 12.1 Å². The number of nitrogens with two attached hydrogens (primary N) is 1. The van der Waals surface area contributed by atoms with Crippen molar-refractivity contribution in [3.8, 4) is 0 Å². The predicted molar refractivity (Wildman–Crippen MR) is 69.8 cm³/mol. The molecule has 18 heavy (non-hydrogen) atoms. The second-order valence-corrected chi connectivity index (χ2v) is 4.93. The number of carbonyl (C=O) groups excluding carboxylic acids is 2. The van der Waals surface area contributed by atoms with Gasteiger partial charge in [-0.25, -0.2) is 0 Å². The van der Waals surface area contributed by atoms with Crippen LogP contribution in [0.25, 0.3) is 0 Å². The summed E-state index contributed by atoms with van der Waals surface area (Å²) in [6.07, 6.45) is 1.04. The van der Waals surface area contributed by atoms with E-state index in [4.69, 9.17) is 5.73 Å². The zero-order chi connectivity index (χ0) is 13.3. The minimum atomic E-state index is -0.623. The Morgan fingerprint density at radius 2 is 1.94 bits per heavy atom. The highest BCUT2D eigenvalue weighted by Crippen LogP contribution is 2.40. The number of amides is 2. The lowest BCUT2D eigenvalue weighted by Gasteiger charge is -2.40. The number of benzene rings is 1. The smallest absolute Gasteiger partial charge is 0.237 e. The lowest BCUT2D eigenvalue weighted by Crippen LogP contribution is -2.55. The Balaban J connectivity index is 2.49. The van der Waals surface area contributed by atoms with Gasteiger partial charge in [0.1, 0.15) is 0 Å². The van der Waals surface area contributed by atoms with Crippen molar-refractivity contribution in [2.75, 3.05) is 5.73 Å². The first kappa shape index (κ1) is 12.6. The normalized spacial score (nSPS) is 28.0. The first-order valence-electron chi connectivity index (χ1n) is 6.21. The molecule has 0 aliphatic carbocycles. The van der Waals surface area contributed by atoms with Crippen molar-refractivity contribution in [1.82, 2.24) is 5.32 Å². The molecule has 1 aromatic carbocycles. The molecular formula is C14H18N2O2. The first-order valence-corrected chi connectivity index (χ1v) is 6.21. The third-order valence-corrected chi connectivity index (χ3v) is 3.97. The van der Waals surface area contributed by atoms with Crippen molar-refractivity contribution < 1.29 is 9.59 Å². The Bertz CT molecular complexity index is 481. The van der Waals surface area contributed by atoms with Crippen LogP contribution in [0.5, 0.6) is 0 Å². The molecule has 96 valence electrons. The van der Waals surface area contributed by atoms with Crippen molar-refractivity contribution in [2.45, 2.75) is 32.1 Å². The topological polar surface area (TPSA) is 72.2 Å². The highest BCUT2D eigenvalue weighted by molar-refractivity contribution is 6.03. The zero-order valence-electron chi connectivity index (χ0n) is 10.7. The molecule has 1 aliphatic rings. The lowest BCUT2D eigenvalue weighted by atomic mass is 9.65. The molecule has 0 aromatic heterocycles. The lowest BCUT2D eigenvalue weighted by molar-refractivity contribution is -0.140. The number of carbonyl (C=O) groups is 2. The van der Waals surface area contributed by atoms with Gasteiger partial charge < -0.3 is 5.73 Å². The molecule has 4 nitrogen and oxygen atoms in total. The van der Waals surface area contributed by atoms with E-state index < -0.39 is 5.41 Å². The summed E-state index contributed by atoms with van der Waals surface area (Å²) in [4.78, 5) is 23.7. The van der Waals surface area contributed by atoms with Crippen LogP contribution < -0.4 is 11.1 Å². The molecule has 0 saturated carbocycles. The summed E-state index contributed by atoms with van der Waals surface area (Å²) in [7, 11) is 0. The van der Waals surface area contributed by atoms with Crippen LogP contribution in [0.1, 0.15) is 32.3 Å². The SMILES string of the molecule is CCC1(c2ccc(N)cc2)C(=O)NC(=O)CC1C. The fourth-order valence-corrected chi connectivity index (χ4v) is 2.87. The van der Waals surface area contributed by atoms with Gasteiger partial charge in [-0.1, -0.05) is 26.0 Å². The van der Waals surface area contributed by atoms with Gasteiger partial charge in [0.05, 0.1) is 5.41 Å². The number of anilines is 1. The molecule has 2 atom stereocenters. The third-order valence-electron chi connectivity index (χ3n) is 3.97. The van der Waals surface area contributed by atoms with E-state index in [0.717, 1.165) is 5.56 Å². The Morgan fingerprint density at radius 1 is 1.33 bits per heavy atom. The second-order valence-electron chi connectivity index (χ2n) is 4.93. The summed E-state index contributed by atoms with van der Waals surface area (Å²) >= 11 is 0. The van der Waals surface area contributed by atoms with E-state index in [-0.39, 0.29) is 17.7 Å². The molecule has 2 amide bonds. The van der Waals surface area contributed by atoms with Gasteiger partial charge in [-0.05, 0) is 30.0 Å². The maximum absolute atomic E-state index is 12.3. The maximum Gasteiger partial charge on any atom is 0.237 e. The first-order chi connectivity index (χ1) is 8.50. The van der Waals surface area contributed by atoms with E-state index in [1.165, 1.54) is 0 Å². The molecule has 1 aliphatic heterocycles. The van der Waals surface area contributed by atoms with E-state index in [0.29, 0.717) is 18.5 Å². The van der Waals surface area contributed by atoms with Crippen molar-refractivity contribution in [3.05, 3.63) is 29.8 Å². The Labute approximate surface area is 107 Å². The summed E-state index contributed by atoms with van der Waals surface area (Å²) < 4.78 is 0. The number of nitrogen functional groups attached to an aromatic ring is 1. The molecule has 2 unspecified atom stereocenters. The van der Waals surface area contributed by atoms with Crippen LogP contribution in [0.4, 0.5) is 5.69 Å². The molecule has 1 saturated heterocycles. The monoisotopic (exact) mass is 246 g/mol. The van der Waals surface area contributed by atoms with Crippen molar-refractivity contribution in [2.24, 2.45) is 5.92 Å². The van der Waals surface area contributed by atoms with Gasteiger partial charge in [0.15, 0.2) is 0 Å². The summed E-state index contributed by atoms with van der Waals surface area (Å²) in [6.45, 7) is 3.93. The fraction of sp³-hybridized carbons (Fsp3) is 0.429. The number of hydrogen-bond acceptors (Lipinski definition) is 3. The number of hydrogen-bond donors (Lipinski definition) is 2. The van der Waals surface area contributed by atoms with Crippen LogP contribution in [0, 0.1) is 5.92 Å². The summed E-state index contributed by atoms with van der Waals surface area (Å²) in [5.41, 5.74) is 6.65. The minimum absolute atomic E-state index is 0.00706. The second kappa shape index (κ2) is 4.44. The van der Waals surface area contributed by atoms with Gasteiger partial charge in [-0.15, -0.1) is 0 Å². The van der Waals surface area contributed by atoms with Crippen molar-refractivity contribution in [1.29, 1.82) is 0 Å². The molecule has 1 heterocycles. The maximum atomic E-state index is 12.3. The summed E-state index contributed by atoms with van der Waals surface area (Å²) in [6, 6.07) is 7.35. The minimum Gasteiger partial charge on any atom is -0.399 e. The molecule has 4 heteroatoms. The standard InChI is InChI=1S/C14H18N2O2/c1-3-14(10-4-6-11(15)7-5-10)9(2)8-12(17)16-13(14)18/h4-7,9H,3,8,15H2,1-2H3,(H,16,17,18). The molecular weight excluding hydrogens is 228 g/mol. The van der Waals surface area contributed by atoms with Gasteiger partial charge in [0.2, 0.25) is 11.8 Å². The van der Waals surface area contributed by atoms with Crippen LogP contribution in [0.15, 0.2) is 24.3 Å². The number of piperidine rings is 1. The largest absolute Gasteiger partial charge is 0.399 e. The van der Waals surface area contributed by atoms with E-state index in [9.17, 15) is 9.59 Å². The van der Waals surface area contributed by atoms with E-state index in [1.807, 2.05) is 26.0 Å². The van der Waals surface area contributed by atoms with Gasteiger partial charge in [-0.2, -0.15) is 0 Å². The van der Waals surface area contributed by atoms with E-state index in [2.05, 4.69) is 5.32 Å². The van der Waals surface area contributed by atoms with Crippen LogP contribution in [-0.2, 0) is 15.0 Å². The Hall–Kier alpha value is -1.84. The van der Waals surface area contributed by atoms with Crippen LogP contribution in [-0.4, -0.2) is 11.8 Å². The number of imide groups is 1. The van der Waals surface area contributed by atoms with Gasteiger partial charge >= 0.3 is 0 Å². The highest BCUT2D eigenvalue weighted by atomic mass is 16.2. The number of rotatable bonds is 2.